The van der Waals surface area contributed by atoms with Crippen LogP contribution in [0.1, 0.15) is 24.2 Å². The smallest absolute Gasteiger partial charge is 0.254 e. The van der Waals surface area contributed by atoms with Gasteiger partial charge in [0.05, 0.1) is 20.8 Å². The highest BCUT2D eigenvalue weighted by Crippen LogP contribution is 2.28. The standard InChI is InChI=1S/C14H21N3O4/c1-9(2)17(8-13(15)16-19)14(18)10-5-6-11(20-3)12(7-10)21-4/h5-7,9,19H,8H2,1-4H3,(H2,15,16). The molecule has 0 unspecified atom stereocenters. The summed E-state index contributed by atoms with van der Waals surface area (Å²) < 4.78 is 10.3. The number of rotatable bonds is 6. The molecule has 0 saturated carbocycles. The van der Waals surface area contributed by atoms with Crippen molar-refractivity contribution in [3.8, 4) is 11.5 Å². The lowest BCUT2D eigenvalue weighted by Crippen LogP contribution is -2.42. The molecule has 7 heteroatoms. The number of hydrogen-bond donors (Lipinski definition) is 2. The number of hydrogen-bond acceptors (Lipinski definition) is 5. The Hall–Kier alpha value is -2.44. The molecule has 0 aliphatic heterocycles. The van der Waals surface area contributed by atoms with E-state index in [9.17, 15) is 4.79 Å². The average Bonchev–Trinajstić information content (AvgIpc) is 2.50. The maximum absolute atomic E-state index is 12.5. The van der Waals surface area contributed by atoms with Gasteiger partial charge < -0.3 is 25.3 Å². The van der Waals surface area contributed by atoms with Crippen molar-refractivity contribution in [2.45, 2.75) is 19.9 Å². The summed E-state index contributed by atoms with van der Waals surface area (Å²) in [5, 5.41) is 11.6. The minimum Gasteiger partial charge on any atom is -0.493 e. The summed E-state index contributed by atoms with van der Waals surface area (Å²) in [4.78, 5) is 14.0. The number of oxime groups is 1. The molecule has 0 fully saturated rings. The number of methoxy groups -OCH3 is 2. The molecule has 3 N–H and O–H groups in total. The molecular weight excluding hydrogens is 274 g/mol. The second-order valence-corrected chi connectivity index (χ2v) is 4.69. The molecular formula is C14H21N3O4. The third-order valence-electron chi connectivity index (χ3n) is 2.98. The Morgan fingerprint density at radius 3 is 2.43 bits per heavy atom. The van der Waals surface area contributed by atoms with Crippen LogP contribution in [0, 0.1) is 0 Å². The van der Waals surface area contributed by atoms with Gasteiger partial charge in [0.15, 0.2) is 17.3 Å². The fraction of sp³-hybridized carbons (Fsp3) is 0.429. The fourth-order valence-electron chi connectivity index (χ4n) is 1.83. The van der Waals surface area contributed by atoms with Gasteiger partial charge in [0, 0.05) is 11.6 Å². The third kappa shape index (κ3) is 4.01. The van der Waals surface area contributed by atoms with Crippen LogP contribution in [0.25, 0.3) is 0 Å². The van der Waals surface area contributed by atoms with Crippen LogP contribution in [0.3, 0.4) is 0 Å². The molecule has 0 aliphatic carbocycles. The van der Waals surface area contributed by atoms with E-state index in [0.29, 0.717) is 17.1 Å². The summed E-state index contributed by atoms with van der Waals surface area (Å²) in [6.07, 6.45) is 0. The van der Waals surface area contributed by atoms with Crippen LogP contribution in [0.4, 0.5) is 0 Å². The van der Waals surface area contributed by atoms with Crippen LogP contribution in [-0.4, -0.2) is 48.7 Å². The van der Waals surface area contributed by atoms with Crippen LogP contribution in [0.2, 0.25) is 0 Å². The largest absolute Gasteiger partial charge is 0.493 e. The first-order chi connectivity index (χ1) is 9.94. The van der Waals surface area contributed by atoms with E-state index in [0.717, 1.165) is 0 Å². The molecule has 0 atom stereocenters. The number of nitrogens with zero attached hydrogens (tertiary/aromatic N) is 2. The predicted molar refractivity (Wildman–Crippen MR) is 79.1 cm³/mol. The Morgan fingerprint density at radius 2 is 1.95 bits per heavy atom. The molecule has 116 valence electrons. The van der Waals surface area contributed by atoms with Gasteiger partial charge in [-0.15, -0.1) is 0 Å². The van der Waals surface area contributed by atoms with Crippen LogP contribution < -0.4 is 15.2 Å². The van der Waals surface area contributed by atoms with E-state index < -0.39 is 0 Å². The van der Waals surface area contributed by atoms with Gasteiger partial charge in [-0.25, -0.2) is 0 Å². The molecule has 7 nitrogen and oxygen atoms in total. The van der Waals surface area contributed by atoms with Crippen LogP contribution >= 0.6 is 0 Å². The van der Waals surface area contributed by atoms with Gasteiger partial charge in [-0.2, -0.15) is 0 Å². The normalized spacial score (nSPS) is 11.4. The first-order valence-corrected chi connectivity index (χ1v) is 6.44. The number of benzene rings is 1. The lowest BCUT2D eigenvalue weighted by atomic mass is 10.1. The summed E-state index contributed by atoms with van der Waals surface area (Å²) in [6.45, 7) is 3.74. The first-order valence-electron chi connectivity index (χ1n) is 6.44. The Morgan fingerprint density at radius 1 is 1.33 bits per heavy atom. The fourth-order valence-corrected chi connectivity index (χ4v) is 1.83. The zero-order valence-electron chi connectivity index (χ0n) is 12.7. The highest BCUT2D eigenvalue weighted by atomic mass is 16.5. The SMILES string of the molecule is COc1ccc(C(=O)N(CC(N)=NO)C(C)C)cc1OC. The van der Waals surface area contributed by atoms with E-state index in [-0.39, 0.29) is 24.3 Å². The highest BCUT2D eigenvalue weighted by molar-refractivity contribution is 5.97. The molecule has 0 spiro atoms. The van der Waals surface area contributed by atoms with Gasteiger partial charge in [0.1, 0.15) is 0 Å². The number of amidine groups is 1. The number of carbonyl (C=O) groups excluding carboxylic acids is 1. The summed E-state index contributed by atoms with van der Waals surface area (Å²) in [5.41, 5.74) is 5.93. The van der Waals surface area contributed by atoms with E-state index >= 15 is 0 Å². The molecule has 21 heavy (non-hydrogen) atoms. The van der Waals surface area contributed by atoms with Gasteiger partial charge >= 0.3 is 0 Å². The minimum atomic E-state index is -0.238. The second kappa shape index (κ2) is 7.37. The van der Waals surface area contributed by atoms with Crippen molar-refractivity contribution < 1.29 is 19.5 Å². The van der Waals surface area contributed by atoms with Crippen molar-refractivity contribution in [2.24, 2.45) is 10.9 Å². The Bertz CT molecular complexity index is 529. The van der Waals surface area contributed by atoms with Gasteiger partial charge in [-0.1, -0.05) is 5.16 Å². The maximum atomic E-state index is 12.5. The predicted octanol–water partition coefficient (Wildman–Crippen LogP) is 1.30. The Labute approximate surface area is 123 Å². The molecule has 0 aliphatic rings. The quantitative estimate of drug-likeness (QED) is 0.357. The third-order valence-corrected chi connectivity index (χ3v) is 2.98. The maximum Gasteiger partial charge on any atom is 0.254 e. The topological polar surface area (TPSA) is 97.4 Å². The van der Waals surface area contributed by atoms with Gasteiger partial charge in [-0.05, 0) is 32.0 Å². The molecule has 1 aromatic carbocycles. The van der Waals surface area contributed by atoms with Crippen molar-refractivity contribution in [2.75, 3.05) is 20.8 Å². The zero-order valence-corrected chi connectivity index (χ0v) is 12.7. The summed E-state index contributed by atoms with van der Waals surface area (Å²) >= 11 is 0. The van der Waals surface area contributed by atoms with E-state index in [4.69, 9.17) is 20.4 Å². The second-order valence-electron chi connectivity index (χ2n) is 4.69. The van der Waals surface area contributed by atoms with Crippen molar-refractivity contribution in [1.29, 1.82) is 0 Å². The van der Waals surface area contributed by atoms with E-state index in [1.54, 1.807) is 18.2 Å². The Balaban J connectivity index is 3.09. The molecule has 0 saturated heterocycles. The summed E-state index contributed by atoms with van der Waals surface area (Å²) in [5.74, 6) is 0.743. The van der Waals surface area contributed by atoms with Crippen molar-refractivity contribution in [3.05, 3.63) is 23.8 Å². The lowest BCUT2D eigenvalue weighted by molar-refractivity contribution is 0.0733. The molecule has 1 aromatic rings. The number of nitrogens with two attached hydrogens (primary N) is 1. The zero-order chi connectivity index (χ0) is 16.0. The first kappa shape index (κ1) is 16.6. The van der Waals surface area contributed by atoms with Gasteiger partial charge in [0.25, 0.3) is 5.91 Å². The molecule has 0 radical (unpaired) electrons. The molecule has 0 heterocycles. The van der Waals surface area contributed by atoms with Crippen molar-refractivity contribution in [1.82, 2.24) is 4.90 Å². The number of amides is 1. The van der Waals surface area contributed by atoms with E-state index in [1.165, 1.54) is 19.1 Å². The highest BCUT2D eigenvalue weighted by Gasteiger charge is 2.21. The average molecular weight is 295 g/mol. The molecule has 0 bridgehead atoms. The van der Waals surface area contributed by atoms with E-state index in [1.807, 2.05) is 13.8 Å². The monoisotopic (exact) mass is 295 g/mol. The van der Waals surface area contributed by atoms with Crippen LogP contribution in [-0.2, 0) is 0 Å². The summed E-state index contributed by atoms with van der Waals surface area (Å²) in [7, 11) is 3.03. The van der Waals surface area contributed by atoms with Gasteiger partial charge in [-0.3, -0.25) is 4.79 Å². The van der Waals surface area contributed by atoms with E-state index in [2.05, 4.69) is 5.16 Å². The molecule has 1 rings (SSSR count). The van der Waals surface area contributed by atoms with Crippen molar-refractivity contribution >= 4 is 11.7 Å². The molecule has 1 amide bonds. The lowest BCUT2D eigenvalue weighted by Gasteiger charge is -2.26. The number of ether oxygens (including phenoxy) is 2. The number of carbonyl (C=O) groups is 1. The Kier molecular flexibility index (Phi) is 5.83. The molecule has 0 aromatic heterocycles. The van der Waals surface area contributed by atoms with Gasteiger partial charge in [0.2, 0.25) is 0 Å². The summed E-state index contributed by atoms with van der Waals surface area (Å²) in [6, 6.07) is 4.80. The minimum absolute atomic E-state index is 0.0301. The van der Waals surface area contributed by atoms with Crippen molar-refractivity contribution in [3.63, 3.8) is 0 Å². The van der Waals surface area contributed by atoms with Crippen LogP contribution in [0.5, 0.6) is 11.5 Å². The van der Waals surface area contributed by atoms with Crippen LogP contribution in [0.15, 0.2) is 23.4 Å².